The predicted molar refractivity (Wildman–Crippen MR) is 111 cm³/mol. The molecule has 4 bridgehead atoms. The van der Waals surface area contributed by atoms with Gasteiger partial charge < -0.3 is 10.6 Å². The Bertz CT molecular complexity index is 620. The van der Waals surface area contributed by atoms with E-state index in [1.807, 2.05) is 12.1 Å². The Morgan fingerprint density at radius 3 is 2.08 bits per heavy atom. The van der Waals surface area contributed by atoms with Crippen LogP contribution in [0.1, 0.15) is 51.9 Å². The van der Waals surface area contributed by atoms with Crippen LogP contribution in [0.3, 0.4) is 0 Å². The number of hydrogen-bond donors (Lipinski definition) is 2. The molecule has 0 amide bonds. The van der Waals surface area contributed by atoms with Gasteiger partial charge in [-0.25, -0.2) is 0 Å². The Labute approximate surface area is 166 Å². The van der Waals surface area contributed by atoms with Gasteiger partial charge in [0.05, 0.1) is 0 Å². The van der Waals surface area contributed by atoms with Gasteiger partial charge in [-0.2, -0.15) is 0 Å². The van der Waals surface area contributed by atoms with E-state index in [-0.39, 0.29) is 0 Å². The van der Waals surface area contributed by atoms with Crippen LogP contribution in [-0.4, -0.2) is 11.2 Å². The molecule has 4 fully saturated rings. The quantitative estimate of drug-likeness (QED) is 0.585. The lowest BCUT2D eigenvalue weighted by molar-refractivity contribution is -0.0709. The molecule has 4 aliphatic carbocycles. The topological polar surface area (TPSA) is 24.1 Å². The minimum absolute atomic E-state index is 0.446. The van der Waals surface area contributed by atoms with E-state index < -0.39 is 0 Å². The second kappa shape index (κ2) is 6.90. The second-order valence-corrected chi connectivity index (χ2v) is 9.78. The van der Waals surface area contributed by atoms with Gasteiger partial charge in [-0.05, 0) is 98.5 Å². The largest absolute Gasteiger partial charge is 0.359 e. The number of benzene rings is 1. The molecular formula is C20H26Cl2N2S. The van der Waals surface area contributed by atoms with E-state index in [0.717, 1.165) is 29.9 Å². The van der Waals surface area contributed by atoms with E-state index in [9.17, 15) is 0 Å². The average molecular weight is 397 g/mol. The Kier molecular flexibility index (Phi) is 4.94. The molecule has 1 unspecified atom stereocenters. The highest BCUT2D eigenvalue weighted by Crippen LogP contribution is 2.61. The summed E-state index contributed by atoms with van der Waals surface area (Å²) in [6, 6.07) is 5.89. The molecule has 0 radical (unpaired) electrons. The highest BCUT2D eigenvalue weighted by atomic mass is 35.5. The minimum atomic E-state index is 0.446. The van der Waals surface area contributed by atoms with E-state index >= 15 is 0 Å². The lowest BCUT2D eigenvalue weighted by Gasteiger charge is -2.59. The van der Waals surface area contributed by atoms with Crippen molar-refractivity contribution in [3.8, 4) is 0 Å². The number of thiocarbonyl (C=S) groups is 1. The van der Waals surface area contributed by atoms with Gasteiger partial charge in [-0.15, -0.1) is 0 Å². The highest BCUT2D eigenvalue weighted by Gasteiger charge is 2.53. The first-order valence-electron chi connectivity index (χ1n) is 9.49. The van der Waals surface area contributed by atoms with Crippen molar-refractivity contribution < 1.29 is 0 Å². The number of nitrogens with one attached hydrogen (secondary N) is 2. The zero-order valence-corrected chi connectivity index (χ0v) is 17.0. The predicted octanol–water partition coefficient (Wildman–Crippen LogP) is 6.27. The normalized spacial score (nSPS) is 34.0. The third-order valence-electron chi connectivity index (χ3n) is 6.66. The maximum atomic E-state index is 6.09. The van der Waals surface area contributed by atoms with Crippen molar-refractivity contribution in [2.75, 3.05) is 5.32 Å². The van der Waals surface area contributed by atoms with Crippen LogP contribution in [-0.2, 0) is 0 Å². The fourth-order valence-corrected chi connectivity index (χ4v) is 7.03. The van der Waals surface area contributed by atoms with Crippen molar-refractivity contribution in [2.45, 2.75) is 57.9 Å². The van der Waals surface area contributed by atoms with Crippen LogP contribution < -0.4 is 10.6 Å². The van der Waals surface area contributed by atoms with E-state index in [0.29, 0.717) is 26.6 Å². The van der Waals surface area contributed by atoms with Crippen molar-refractivity contribution in [1.82, 2.24) is 5.32 Å². The smallest absolute Gasteiger partial charge is 0.171 e. The Balaban J connectivity index is 1.46. The fourth-order valence-electron chi connectivity index (χ4n) is 6.24. The van der Waals surface area contributed by atoms with Gasteiger partial charge in [0.2, 0.25) is 0 Å². The van der Waals surface area contributed by atoms with E-state index in [1.165, 1.54) is 38.5 Å². The summed E-state index contributed by atoms with van der Waals surface area (Å²) in [5.74, 6) is 2.86. The summed E-state index contributed by atoms with van der Waals surface area (Å²) in [4.78, 5) is 0. The van der Waals surface area contributed by atoms with Gasteiger partial charge in [-0.1, -0.05) is 30.1 Å². The van der Waals surface area contributed by atoms with E-state index in [1.54, 1.807) is 6.07 Å². The van der Waals surface area contributed by atoms with Crippen LogP contribution in [0.2, 0.25) is 10.0 Å². The lowest BCUT2D eigenvalue weighted by Crippen LogP contribution is -2.57. The van der Waals surface area contributed by atoms with Gasteiger partial charge >= 0.3 is 0 Å². The third-order valence-corrected chi connectivity index (χ3v) is 7.32. The number of rotatable bonds is 4. The van der Waals surface area contributed by atoms with Gasteiger partial charge in [0.1, 0.15) is 0 Å². The molecule has 25 heavy (non-hydrogen) atoms. The third kappa shape index (κ3) is 3.65. The van der Waals surface area contributed by atoms with Gasteiger partial charge in [0.25, 0.3) is 0 Å². The number of hydrogen-bond acceptors (Lipinski definition) is 1. The molecule has 0 aromatic heterocycles. The van der Waals surface area contributed by atoms with Crippen LogP contribution in [0.25, 0.3) is 0 Å². The fraction of sp³-hybridized carbons (Fsp3) is 0.650. The molecule has 5 heteroatoms. The summed E-state index contributed by atoms with van der Waals surface area (Å²) in [5, 5.41) is 8.83. The summed E-state index contributed by atoms with van der Waals surface area (Å²) in [7, 11) is 0. The molecular weight excluding hydrogens is 371 g/mol. The first-order chi connectivity index (χ1) is 12.0. The molecule has 0 saturated heterocycles. The summed E-state index contributed by atoms with van der Waals surface area (Å²) in [5.41, 5.74) is 1.29. The van der Waals surface area contributed by atoms with Crippen molar-refractivity contribution in [1.29, 1.82) is 0 Å². The van der Waals surface area contributed by atoms with Crippen LogP contribution >= 0.6 is 35.4 Å². The molecule has 4 saturated carbocycles. The van der Waals surface area contributed by atoms with Gasteiger partial charge in [0.15, 0.2) is 5.11 Å². The zero-order chi connectivity index (χ0) is 17.6. The van der Waals surface area contributed by atoms with E-state index in [4.69, 9.17) is 35.4 Å². The van der Waals surface area contributed by atoms with Crippen molar-refractivity contribution in [3.63, 3.8) is 0 Å². The number of halogens is 2. The van der Waals surface area contributed by atoms with Crippen LogP contribution in [0, 0.1) is 23.2 Å². The van der Waals surface area contributed by atoms with Crippen LogP contribution in [0.5, 0.6) is 0 Å². The lowest BCUT2D eigenvalue weighted by atomic mass is 9.47. The highest BCUT2D eigenvalue weighted by molar-refractivity contribution is 7.80. The monoisotopic (exact) mass is 396 g/mol. The first-order valence-corrected chi connectivity index (χ1v) is 10.7. The SMILES string of the molecule is CCC(NC(=S)Nc1cc(Cl)cc(Cl)c1)C12CC3CC(CC(C3)C1)C2. The summed E-state index contributed by atoms with van der Waals surface area (Å²) in [6.45, 7) is 2.29. The maximum absolute atomic E-state index is 6.09. The summed E-state index contributed by atoms with van der Waals surface area (Å²) < 4.78 is 0. The van der Waals surface area contributed by atoms with E-state index in [2.05, 4.69) is 17.6 Å². The molecule has 136 valence electrons. The summed E-state index contributed by atoms with van der Waals surface area (Å²) in [6.07, 6.45) is 9.69. The molecule has 1 atom stereocenters. The molecule has 0 spiro atoms. The first kappa shape index (κ1) is 17.9. The minimum Gasteiger partial charge on any atom is -0.359 e. The maximum Gasteiger partial charge on any atom is 0.171 e. The second-order valence-electron chi connectivity index (χ2n) is 8.50. The van der Waals surface area contributed by atoms with Crippen molar-refractivity contribution >= 4 is 46.2 Å². The number of anilines is 1. The summed E-state index contributed by atoms with van der Waals surface area (Å²) >= 11 is 17.8. The average Bonchev–Trinajstić information content (AvgIpc) is 2.50. The molecule has 5 rings (SSSR count). The molecule has 1 aromatic carbocycles. The Morgan fingerprint density at radius 2 is 1.60 bits per heavy atom. The molecule has 1 aromatic rings. The Hall–Kier alpha value is -0.510. The van der Waals surface area contributed by atoms with Gasteiger partial charge in [-0.3, -0.25) is 0 Å². The van der Waals surface area contributed by atoms with Gasteiger partial charge in [0, 0.05) is 21.8 Å². The molecule has 2 nitrogen and oxygen atoms in total. The molecule has 0 heterocycles. The van der Waals surface area contributed by atoms with Crippen molar-refractivity contribution in [2.24, 2.45) is 23.2 Å². The van der Waals surface area contributed by atoms with Crippen molar-refractivity contribution in [3.05, 3.63) is 28.2 Å². The zero-order valence-electron chi connectivity index (χ0n) is 14.7. The molecule has 4 aliphatic rings. The molecule has 2 N–H and O–H groups in total. The van der Waals surface area contributed by atoms with Crippen LogP contribution in [0.4, 0.5) is 5.69 Å². The standard InChI is InChI=1S/C20H26Cl2N2S/c1-2-18(20-9-12-3-13(10-20)5-14(4-12)11-20)24-19(25)23-17-7-15(21)6-16(22)8-17/h6-8,12-14,18H,2-5,9-11H2,1H3,(H2,23,24,25). The van der Waals surface area contributed by atoms with Crippen LogP contribution in [0.15, 0.2) is 18.2 Å². The molecule has 0 aliphatic heterocycles. The Morgan fingerprint density at radius 1 is 1.08 bits per heavy atom.